The van der Waals surface area contributed by atoms with Crippen LogP contribution in [0.15, 0.2) is 11.6 Å². The first-order valence-corrected chi connectivity index (χ1v) is 16.0. The van der Waals surface area contributed by atoms with Gasteiger partial charge in [-0.15, -0.1) is 0 Å². The van der Waals surface area contributed by atoms with Crippen LogP contribution in [0.25, 0.3) is 0 Å². The van der Waals surface area contributed by atoms with E-state index in [4.69, 9.17) is 0 Å². The third-order valence-electron chi connectivity index (χ3n) is 7.64. The number of hydrogen-bond donors (Lipinski definition) is 0. The number of nitrogens with zero attached hydrogens (tertiary/aromatic N) is 1. The molecule has 0 bridgehead atoms. The van der Waals surface area contributed by atoms with E-state index in [0.717, 1.165) is 25.9 Å². The molecule has 0 saturated heterocycles. The largest absolute Gasteiger partial charge is 0.339 e. The molecule has 1 amide bonds. The molecule has 35 heavy (non-hydrogen) atoms. The van der Waals surface area contributed by atoms with Crippen molar-refractivity contribution in [2.24, 2.45) is 5.92 Å². The zero-order chi connectivity index (χ0) is 26.0. The molecule has 0 aromatic carbocycles. The van der Waals surface area contributed by atoms with Crippen molar-refractivity contribution in [2.75, 3.05) is 13.1 Å². The Labute approximate surface area is 222 Å². The maximum atomic E-state index is 12.9. The van der Waals surface area contributed by atoms with Gasteiger partial charge in [0.2, 0.25) is 5.91 Å². The molecule has 208 valence electrons. The minimum Gasteiger partial charge on any atom is -0.339 e. The molecule has 0 N–H and O–H groups in total. The second kappa shape index (κ2) is 26.3. The van der Waals surface area contributed by atoms with Crippen LogP contribution in [0.5, 0.6) is 0 Å². The van der Waals surface area contributed by atoms with Gasteiger partial charge < -0.3 is 4.90 Å². The summed E-state index contributed by atoms with van der Waals surface area (Å²) in [5, 5.41) is 0. The molecule has 0 fully saturated rings. The average Bonchev–Trinajstić information content (AvgIpc) is 2.84. The van der Waals surface area contributed by atoms with E-state index in [1.165, 1.54) is 134 Å². The Hall–Kier alpha value is -0.790. The molecule has 2 nitrogen and oxygen atoms in total. The van der Waals surface area contributed by atoms with Crippen LogP contribution < -0.4 is 0 Å². The minimum absolute atomic E-state index is 0.246. The maximum Gasteiger partial charge on any atom is 0.246 e. The van der Waals surface area contributed by atoms with Gasteiger partial charge >= 0.3 is 0 Å². The fourth-order valence-electron chi connectivity index (χ4n) is 4.72. The zero-order valence-corrected chi connectivity index (χ0v) is 25.0. The lowest BCUT2D eigenvalue weighted by atomic mass is 10.0. The van der Waals surface area contributed by atoms with Crippen LogP contribution in [0.4, 0.5) is 0 Å². The molecule has 0 heterocycles. The second-order valence-corrected chi connectivity index (χ2v) is 11.4. The molecule has 0 saturated carbocycles. The number of rotatable bonds is 26. The standard InChI is InChI=1S/C33H65NO/c1-6-8-10-12-14-16-18-19-21-23-25-27-29-34(33(35)30-32(5)31(3)4)28-26-24-22-20-17-15-13-11-9-7-2/h30-31H,6-29H2,1-5H3. The third-order valence-corrected chi connectivity index (χ3v) is 7.64. The smallest absolute Gasteiger partial charge is 0.246 e. The zero-order valence-electron chi connectivity index (χ0n) is 25.0. The Morgan fingerprint density at radius 1 is 0.543 bits per heavy atom. The minimum atomic E-state index is 0.246. The summed E-state index contributed by atoms with van der Waals surface area (Å²) in [5.74, 6) is 0.694. The van der Waals surface area contributed by atoms with E-state index in [-0.39, 0.29) is 5.91 Å². The van der Waals surface area contributed by atoms with Crippen molar-refractivity contribution in [3.63, 3.8) is 0 Å². The Kier molecular flexibility index (Phi) is 25.7. The Bertz CT molecular complexity index is 481. The van der Waals surface area contributed by atoms with Gasteiger partial charge in [0.25, 0.3) is 0 Å². The molecule has 0 radical (unpaired) electrons. The van der Waals surface area contributed by atoms with E-state index in [2.05, 4.69) is 39.5 Å². The van der Waals surface area contributed by atoms with Crippen molar-refractivity contribution in [1.82, 2.24) is 4.90 Å². The van der Waals surface area contributed by atoms with Crippen molar-refractivity contribution in [3.8, 4) is 0 Å². The fraction of sp³-hybridized carbons (Fsp3) is 0.909. The van der Waals surface area contributed by atoms with Gasteiger partial charge in [-0.25, -0.2) is 0 Å². The van der Waals surface area contributed by atoms with Crippen LogP contribution in [-0.4, -0.2) is 23.9 Å². The molecule has 0 rings (SSSR count). The summed E-state index contributed by atoms with van der Waals surface area (Å²) in [4.78, 5) is 15.1. The summed E-state index contributed by atoms with van der Waals surface area (Å²) < 4.78 is 0. The first kappa shape index (κ1) is 34.2. The van der Waals surface area contributed by atoms with Crippen LogP contribution in [-0.2, 0) is 4.79 Å². The molecule has 0 aromatic heterocycles. The molecule has 0 unspecified atom stereocenters. The van der Waals surface area contributed by atoms with E-state index in [1.54, 1.807) is 0 Å². The molecule has 0 aliphatic carbocycles. The van der Waals surface area contributed by atoms with Gasteiger partial charge in [0, 0.05) is 19.2 Å². The lowest BCUT2D eigenvalue weighted by Gasteiger charge is -2.22. The molecule has 0 spiro atoms. The first-order chi connectivity index (χ1) is 17.0. The molecular formula is C33H65NO. The lowest BCUT2D eigenvalue weighted by molar-refractivity contribution is -0.126. The third kappa shape index (κ3) is 23.4. The highest BCUT2D eigenvalue weighted by Crippen LogP contribution is 2.15. The van der Waals surface area contributed by atoms with Crippen LogP contribution in [0.1, 0.15) is 176 Å². The summed E-state index contributed by atoms with van der Waals surface area (Å²) in [6, 6.07) is 0. The number of carbonyl (C=O) groups is 1. The van der Waals surface area contributed by atoms with E-state index < -0.39 is 0 Å². The highest BCUT2D eigenvalue weighted by atomic mass is 16.2. The van der Waals surface area contributed by atoms with Gasteiger partial charge in [0.05, 0.1) is 0 Å². The van der Waals surface area contributed by atoms with Crippen molar-refractivity contribution < 1.29 is 4.79 Å². The summed E-state index contributed by atoms with van der Waals surface area (Å²) in [7, 11) is 0. The van der Waals surface area contributed by atoms with Crippen molar-refractivity contribution in [3.05, 3.63) is 11.6 Å². The van der Waals surface area contributed by atoms with Crippen molar-refractivity contribution in [1.29, 1.82) is 0 Å². The Morgan fingerprint density at radius 3 is 1.11 bits per heavy atom. The van der Waals surface area contributed by atoms with Crippen LogP contribution in [0.3, 0.4) is 0 Å². The number of unbranched alkanes of at least 4 members (excludes halogenated alkanes) is 20. The highest BCUT2D eigenvalue weighted by Gasteiger charge is 2.12. The summed E-state index contributed by atoms with van der Waals surface area (Å²) in [6.45, 7) is 12.9. The quantitative estimate of drug-likeness (QED) is 0.0870. The van der Waals surface area contributed by atoms with Crippen LogP contribution >= 0.6 is 0 Å². The molecule has 0 atom stereocenters. The molecule has 0 aliphatic rings. The first-order valence-electron chi connectivity index (χ1n) is 16.0. The fourth-order valence-corrected chi connectivity index (χ4v) is 4.72. The highest BCUT2D eigenvalue weighted by molar-refractivity contribution is 5.88. The van der Waals surface area contributed by atoms with Crippen molar-refractivity contribution >= 4 is 5.91 Å². The van der Waals surface area contributed by atoms with Gasteiger partial charge in [0.1, 0.15) is 0 Å². The normalized spacial score (nSPS) is 12.0. The average molecular weight is 492 g/mol. The summed E-state index contributed by atoms with van der Waals surface area (Å²) in [5.41, 5.74) is 1.21. The van der Waals surface area contributed by atoms with Gasteiger partial charge in [-0.05, 0) is 25.7 Å². The Balaban J connectivity index is 4.05. The number of amides is 1. The van der Waals surface area contributed by atoms with Gasteiger partial charge in [-0.1, -0.05) is 162 Å². The summed E-state index contributed by atoms with van der Waals surface area (Å²) >= 11 is 0. The van der Waals surface area contributed by atoms with Crippen molar-refractivity contribution in [2.45, 2.75) is 176 Å². The Morgan fingerprint density at radius 2 is 0.829 bits per heavy atom. The van der Waals surface area contributed by atoms with Crippen LogP contribution in [0, 0.1) is 5.92 Å². The second-order valence-electron chi connectivity index (χ2n) is 11.4. The monoisotopic (exact) mass is 492 g/mol. The predicted molar refractivity (Wildman–Crippen MR) is 158 cm³/mol. The van der Waals surface area contributed by atoms with Gasteiger partial charge in [-0.2, -0.15) is 0 Å². The SMILES string of the molecule is CCCCCCCCCCCCCCN(CCCCCCCCCCCC)C(=O)C=C(C)C(C)C. The lowest BCUT2D eigenvalue weighted by Crippen LogP contribution is -2.32. The van der Waals surface area contributed by atoms with Gasteiger partial charge in [-0.3, -0.25) is 4.79 Å². The number of carbonyl (C=O) groups excluding carboxylic acids is 1. The van der Waals surface area contributed by atoms with E-state index in [9.17, 15) is 4.79 Å². The van der Waals surface area contributed by atoms with E-state index >= 15 is 0 Å². The summed E-state index contributed by atoms with van der Waals surface area (Å²) in [6.07, 6.45) is 31.8. The van der Waals surface area contributed by atoms with Crippen LogP contribution in [0.2, 0.25) is 0 Å². The van der Waals surface area contributed by atoms with E-state index in [1.807, 2.05) is 6.08 Å². The number of allylic oxidation sites excluding steroid dienone is 1. The molecule has 0 aromatic rings. The maximum absolute atomic E-state index is 12.9. The topological polar surface area (TPSA) is 20.3 Å². The number of hydrogen-bond acceptors (Lipinski definition) is 1. The van der Waals surface area contributed by atoms with Gasteiger partial charge in [0.15, 0.2) is 0 Å². The van der Waals surface area contributed by atoms with E-state index in [0.29, 0.717) is 5.92 Å². The predicted octanol–water partition coefficient (Wildman–Crippen LogP) is 11.0. The molecular weight excluding hydrogens is 426 g/mol. The molecule has 0 aliphatic heterocycles. The molecule has 2 heteroatoms.